The Kier molecular flexibility index (Phi) is 7.39. The quantitative estimate of drug-likeness (QED) is 0.527. The monoisotopic (exact) mass is 482 g/mol. The summed E-state index contributed by atoms with van der Waals surface area (Å²) in [5, 5.41) is 0. The summed E-state index contributed by atoms with van der Waals surface area (Å²) in [6, 6.07) is 6.64. The Hall–Kier alpha value is -2.69. The van der Waals surface area contributed by atoms with E-state index in [0.717, 1.165) is 24.3 Å². The Morgan fingerprint density at radius 2 is 1.56 bits per heavy atom. The van der Waals surface area contributed by atoms with Crippen LogP contribution in [0.25, 0.3) is 0 Å². The number of hydrogen-bond acceptors (Lipinski definition) is 5. The Labute approximate surface area is 195 Å². The van der Waals surface area contributed by atoms with E-state index >= 15 is 0 Å². The lowest BCUT2D eigenvalue weighted by Gasteiger charge is -2.37. The molecule has 2 fully saturated rings. The van der Waals surface area contributed by atoms with Gasteiger partial charge in [-0.3, -0.25) is 4.90 Å². The zero-order valence-electron chi connectivity index (χ0n) is 18.7. The maximum absolute atomic E-state index is 13.8. The predicted octanol–water partition coefficient (Wildman–Crippen LogP) is 4.24. The summed E-state index contributed by atoms with van der Waals surface area (Å²) in [5.74, 6) is -4.12. The first-order valence-corrected chi connectivity index (χ1v) is 11.0. The highest BCUT2D eigenvalue weighted by Crippen LogP contribution is 2.33. The van der Waals surface area contributed by atoms with Crippen molar-refractivity contribution < 1.29 is 36.6 Å². The second-order valence-electron chi connectivity index (χ2n) is 8.61. The van der Waals surface area contributed by atoms with Crippen LogP contribution in [0.2, 0.25) is 0 Å². The first-order chi connectivity index (χ1) is 16.3. The van der Waals surface area contributed by atoms with Crippen molar-refractivity contribution in [2.75, 3.05) is 46.6 Å². The molecule has 1 spiro atoms. The van der Waals surface area contributed by atoms with Crippen LogP contribution in [-0.4, -0.2) is 68.1 Å². The third-order valence-corrected chi connectivity index (χ3v) is 6.28. The van der Waals surface area contributed by atoms with Gasteiger partial charge in [-0.25, -0.2) is 22.4 Å². The van der Waals surface area contributed by atoms with Crippen LogP contribution in [0.5, 0.6) is 0 Å². The molecule has 2 aromatic carbocycles. The topological polar surface area (TPSA) is 51.2 Å². The van der Waals surface area contributed by atoms with Crippen molar-refractivity contribution in [1.29, 1.82) is 0 Å². The third kappa shape index (κ3) is 5.34. The van der Waals surface area contributed by atoms with Crippen LogP contribution in [0.3, 0.4) is 0 Å². The standard InChI is InChI=1S/C24H26F4N2O4/c1-32-15-30-14-24(34-23(30)31)6-8-29(9-7-24)10-11-33-22(16-2-4-18(25)20(27)12-16)17-3-5-19(26)21(28)13-17/h2-5,12-13,22H,6-11,14-15H2,1H3. The van der Waals surface area contributed by atoms with Crippen molar-refractivity contribution in [3.05, 3.63) is 70.8 Å². The lowest BCUT2D eigenvalue weighted by Crippen LogP contribution is -2.47. The number of halogens is 4. The number of carbonyl (C=O) groups excluding carboxylic acids is 1. The van der Waals surface area contributed by atoms with Crippen molar-refractivity contribution >= 4 is 6.09 Å². The zero-order chi connectivity index (χ0) is 24.3. The molecule has 2 heterocycles. The highest BCUT2D eigenvalue weighted by atomic mass is 19.2. The first-order valence-electron chi connectivity index (χ1n) is 11.0. The van der Waals surface area contributed by atoms with Gasteiger partial charge >= 0.3 is 6.09 Å². The summed E-state index contributed by atoms with van der Waals surface area (Å²) >= 11 is 0. The number of benzene rings is 2. The van der Waals surface area contributed by atoms with Crippen LogP contribution in [0.15, 0.2) is 36.4 Å². The Bertz CT molecular complexity index is 979. The van der Waals surface area contributed by atoms with E-state index in [1.807, 2.05) is 0 Å². The maximum Gasteiger partial charge on any atom is 0.412 e. The number of carbonyl (C=O) groups is 1. The molecule has 0 atom stereocenters. The minimum Gasteiger partial charge on any atom is -0.441 e. The van der Waals surface area contributed by atoms with E-state index in [1.165, 1.54) is 24.1 Å². The fraction of sp³-hybridized carbons (Fsp3) is 0.458. The fourth-order valence-corrected chi connectivity index (χ4v) is 4.43. The second kappa shape index (κ2) is 10.3. The molecule has 34 heavy (non-hydrogen) atoms. The number of methoxy groups -OCH3 is 1. The molecule has 0 aliphatic carbocycles. The van der Waals surface area contributed by atoms with Crippen molar-refractivity contribution in [1.82, 2.24) is 9.80 Å². The molecular formula is C24H26F4N2O4. The lowest BCUT2D eigenvalue weighted by atomic mass is 9.91. The molecule has 0 N–H and O–H groups in total. The van der Waals surface area contributed by atoms with E-state index in [2.05, 4.69) is 4.90 Å². The van der Waals surface area contributed by atoms with Gasteiger partial charge in [-0.15, -0.1) is 0 Å². The average Bonchev–Trinajstić information content (AvgIpc) is 3.11. The molecular weight excluding hydrogens is 456 g/mol. The summed E-state index contributed by atoms with van der Waals surface area (Å²) < 4.78 is 71.1. The van der Waals surface area contributed by atoms with Crippen LogP contribution < -0.4 is 0 Å². The van der Waals surface area contributed by atoms with Gasteiger partial charge in [0.05, 0.1) is 13.2 Å². The molecule has 0 unspecified atom stereocenters. The Morgan fingerprint density at radius 1 is 0.971 bits per heavy atom. The molecule has 0 bridgehead atoms. The summed E-state index contributed by atoms with van der Waals surface area (Å²) in [5.41, 5.74) is 0.0597. The van der Waals surface area contributed by atoms with Gasteiger partial charge in [0, 0.05) is 39.6 Å². The van der Waals surface area contributed by atoms with Gasteiger partial charge in [-0.05, 0) is 35.4 Å². The molecule has 10 heteroatoms. The summed E-state index contributed by atoms with van der Waals surface area (Å²) in [6.45, 7) is 2.77. The van der Waals surface area contributed by atoms with Crippen molar-refractivity contribution in [3.8, 4) is 0 Å². The van der Waals surface area contributed by atoms with Crippen LogP contribution in [0, 0.1) is 23.3 Å². The molecule has 6 nitrogen and oxygen atoms in total. The van der Waals surface area contributed by atoms with Gasteiger partial charge in [-0.1, -0.05) is 12.1 Å². The van der Waals surface area contributed by atoms with Crippen molar-refractivity contribution in [3.63, 3.8) is 0 Å². The predicted molar refractivity (Wildman–Crippen MR) is 114 cm³/mol. The van der Waals surface area contributed by atoms with Crippen LogP contribution in [-0.2, 0) is 14.2 Å². The average molecular weight is 482 g/mol. The number of ether oxygens (including phenoxy) is 3. The largest absolute Gasteiger partial charge is 0.441 e. The van der Waals surface area contributed by atoms with Crippen molar-refractivity contribution in [2.45, 2.75) is 24.5 Å². The van der Waals surface area contributed by atoms with Crippen LogP contribution >= 0.6 is 0 Å². The molecule has 0 saturated carbocycles. The van der Waals surface area contributed by atoms with E-state index in [9.17, 15) is 22.4 Å². The number of rotatable bonds is 8. The van der Waals surface area contributed by atoms with Crippen LogP contribution in [0.4, 0.5) is 22.4 Å². The van der Waals surface area contributed by atoms with E-state index in [-0.39, 0.29) is 19.4 Å². The molecule has 2 aromatic rings. The van der Waals surface area contributed by atoms with Gasteiger partial charge in [-0.2, -0.15) is 0 Å². The third-order valence-electron chi connectivity index (χ3n) is 6.28. The zero-order valence-corrected chi connectivity index (χ0v) is 18.7. The smallest absolute Gasteiger partial charge is 0.412 e. The fourth-order valence-electron chi connectivity index (χ4n) is 4.43. The van der Waals surface area contributed by atoms with Crippen molar-refractivity contribution in [2.24, 2.45) is 0 Å². The summed E-state index contributed by atoms with van der Waals surface area (Å²) in [4.78, 5) is 15.7. The molecule has 4 rings (SSSR count). The van der Waals surface area contributed by atoms with Gasteiger partial charge in [0.2, 0.25) is 0 Å². The second-order valence-corrected chi connectivity index (χ2v) is 8.61. The summed E-state index contributed by atoms with van der Waals surface area (Å²) in [7, 11) is 1.52. The first kappa shape index (κ1) is 24.4. The van der Waals surface area contributed by atoms with E-state index in [4.69, 9.17) is 14.2 Å². The molecule has 0 aromatic heterocycles. The number of piperidine rings is 1. The molecule has 184 valence electrons. The Balaban J connectivity index is 1.37. The van der Waals surface area contributed by atoms with Gasteiger partial charge in [0.15, 0.2) is 23.3 Å². The number of likely N-dealkylation sites (tertiary alicyclic amines) is 1. The molecule has 2 aliphatic rings. The molecule has 0 radical (unpaired) electrons. The minimum atomic E-state index is -1.05. The molecule has 2 aliphatic heterocycles. The lowest BCUT2D eigenvalue weighted by molar-refractivity contribution is -0.0111. The van der Waals surface area contributed by atoms with Gasteiger partial charge in [0.1, 0.15) is 18.4 Å². The summed E-state index contributed by atoms with van der Waals surface area (Å²) in [6.07, 6.45) is 0.0444. The SMILES string of the molecule is COCN1CC2(CCN(CCOC(c3ccc(F)c(F)c3)c3ccc(F)c(F)c3)CC2)OC1=O. The van der Waals surface area contributed by atoms with E-state index in [1.54, 1.807) is 0 Å². The molecule has 1 amide bonds. The number of hydrogen-bond donors (Lipinski definition) is 0. The van der Waals surface area contributed by atoms with Gasteiger partial charge in [0.25, 0.3) is 0 Å². The Morgan fingerprint density at radius 3 is 2.09 bits per heavy atom. The van der Waals surface area contributed by atoms with Gasteiger partial charge < -0.3 is 19.1 Å². The highest BCUT2D eigenvalue weighted by Gasteiger charge is 2.46. The minimum absolute atomic E-state index is 0.188. The normalized spacial score (nSPS) is 18.2. The highest BCUT2D eigenvalue weighted by molar-refractivity contribution is 5.70. The molecule has 2 saturated heterocycles. The number of amides is 1. The number of nitrogens with zero attached hydrogens (tertiary/aromatic N) is 2. The van der Waals surface area contributed by atoms with E-state index < -0.39 is 35.0 Å². The van der Waals surface area contributed by atoms with E-state index in [0.29, 0.717) is 50.1 Å². The van der Waals surface area contributed by atoms with Crippen LogP contribution in [0.1, 0.15) is 30.1 Å². The maximum atomic E-state index is 13.8.